The first-order valence-electron chi connectivity index (χ1n) is 9.55. The van der Waals surface area contributed by atoms with Crippen molar-refractivity contribution in [1.29, 1.82) is 0 Å². The second kappa shape index (κ2) is 8.30. The van der Waals surface area contributed by atoms with Gasteiger partial charge in [0.15, 0.2) is 0 Å². The van der Waals surface area contributed by atoms with Gasteiger partial charge in [0.2, 0.25) is 0 Å². The lowest BCUT2D eigenvalue weighted by molar-refractivity contribution is 0.102. The molecule has 2 aromatic rings. The minimum Gasteiger partial charge on any atom is -0.356 e. The van der Waals surface area contributed by atoms with Gasteiger partial charge < -0.3 is 10.2 Å². The molecule has 1 aromatic carbocycles. The van der Waals surface area contributed by atoms with Gasteiger partial charge in [-0.25, -0.2) is 9.97 Å². The van der Waals surface area contributed by atoms with Crippen LogP contribution in [0, 0.1) is 6.92 Å². The van der Waals surface area contributed by atoms with Crippen LogP contribution in [-0.2, 0) is 0 Å². The van der Waals surface area contributed by atoms with E-state index >= 15 is 0 Å². The van der Waals surface area contributed by atoms with Crippen molar-refractivity contribution >= 4 is 17.4 Å². The van der Waals surface area contributed by atoms with Crippen LogP contribution in [0.5, 0.6) is 0 Å². The molecule has 1 N–H and O–H groups in total. The fourth-order valence-electron chi connectivity index (χ4n) is 3.28. The van der Waals surface area contributed by atoms with Crippen LogP contribution in [0.2, 0.25) is 0 Å². The Morgan fingerprint density at radius 1 is 1.04 bits per heavy atom. The van der Waals surface area contributed by atoms with Crippen molar-refractivity contribution in [2.75, 3.05) is 23.3 Å². The maximum Gasteiger partial charge on any atom is 0.274 e. The van der Waals surface area contributed by atoms with Crippen molar-refractivity contribution in [2.45, 2.75) is 52.4 Å². The number of carbonyl (C=O) groups is 1. The van der Waals surface area contributed by atoms with Gasteiger partial charge in [-0.2, -0.15) is 0 Å². The Bertz CT molecular complexity index is 747. The van der Waals surface area contributed by atoms with Crippen molar-refractivity contribution < 1.29 is 4.79 Å². The predicted octanol–water partition coefficient (Wildman–Crippen LogP) is 4.54. The van der Waals surface area contributed by atoms with Gasteiger partial charge >= 0.3 is 0 Å². The summed E-state index contributed by atoms with van der Waals surface area (Å²) in [5, 5.41) is 2.95. The maximum atomic E-state index is 12.7. The molecule has 0 bridgehead atoms. The van der Waals surface area contributed by atoms with Gasteiger partial charge in [-0.05, 0) is 43.4 Å². The highest BCUT2D eigenvalue weighted by atomic mass is 16.1. The maximum absolute atomic E-state index is 12.7. The van der Waals surface area contributed by atoms with E-state index in [1.165, 1.54) is 31.2 Å². The Morgan fingerprint density at radius 2 is 1.69 bits per heavy atom. The van der Waals surface area contributed by atoms with Crippen LogP contribution in [0.3, 0.4) is 0 Å². The number of aromatic nitrogens is 2. The number of aryl methyl sites for hydroxylation is 1. The molecule has 1 aromatic heterocycles. The highest BCUT2D eigenvalue weighted by Gasteiger charge is 2.16. The smallest absolute Gasteiger partial charge is 0.274 e. The molecular formula is C21H28N4O. The van der Waals surface area contributed by atoms with Crippen LogP contribution in [-0.4, -0.2) is 29.0 Å². The molecule has 0 atom stereocenters. The van der Waals surface area contributed by atoms with Gasteiger partial charge in [-0.15, -0.1) is 0 Å². The molecule has 2 heterocycles. The predicted molar refractivity (Wildman–Crippen MR) is 106 cm³/mol. The Balaban J connectivity index is 1.76. The summed E-state index contributed by atoms with van der Waals surface area (Å²) in [5.74, 6) is 1.77. The molecule has 1 aliphatic heterocycles. The summed E-state index contributed by atoms with van der Waals surface area (Å²) in [7, 11) is 0. The largest absolute Gasteiger partial charge is 0.356 e. The number of amides is 1. The first-order valence-corrected chi connectivity index (χ1v) is 9.55. The normalized spacial score (nSPS) is 15.0. The van der Waals surface area contributed by atoms with E-state index < -0.39 is 0 Å². The summed E-state index contributed by atoms with van der Waals surface area (Å²) in [4.78, 5) is 23.8. The Hall–Kier alpha value is -2.43. The fourth-order valence-corrected chi connectivity index (χ4v) is 3.28. The van der Waals surface area contributed by atoms with Crippen LogP contribution < -0.4 is 10.2 Å². The number of anilines is 2. The van der Waals surface area contributed by atoms with Crippen LogP contribution in [0.25, 0.3) is 0 Å². The summed E-state index contributed by atoms with van der Waals surface area (Å²) in [6.07, 6.45) is 4.88. The van der Waals surface area contributed by atoms with Gasteiger partial charge in [0.05, 0.1) is 0 Å². The van der Waals surface area contributed by atoms with E-state index in [4.69, 9.17) is 0 Å². The van der Waals surface area contributed by atoms with Gasteiger partial charge in [0.25, 0.3) is 5.91 Å². The second-order valence-electron chi connectivity index (χ2n) is 7.29. The van der Waals surface area contributed by atoms with Crippen LogP contribution in [0.1, 0.15) is 67.3 Å². The lowest BCUT2D eigenvalue weighted by Crippen LogP contribution is -2.26. The molecular weight excluding hydrogens is 324 g/mol. The van der Waals surface area contributed by atoms with Crippen molar-refractivity contribution in [3.05, 3.63) is 47.4 Å². The van der Waals surface area contributed by atoms with Gasteiger partial charge in [0.1, 0.15) is 17.3 Å². The highest BCUT2D eigenvalue weighted by molar-refractivity contribution is 6.03. The van der Waals surface area contributed by atoms with Crippen LogP contribution in [0.15, 0.2) is 30.3 Å². The minimum atomic E-state index is -0.191. The van der Waals surface area contributed by atoms with Gasteiger partial charge in [-0.1, -0.05) is 38.8 Å². The number of nitrogens with zero attached hydrogens (tertiary/aromatic N) is 3. The zero-order valence-corrected chi connectivity index (χ0v) is 16.0. The lowest BCUT2D eigenvalue weighted by atomic mass is 10.0. The van der Waals surface area contributed by atoms with Gasteiger partial charge in [-0.3, -0.25) is 4.79 Å². The molecule has 26 heavy (non-hydrogen) atoms. The van der Waals surface area contributed by atoms with Crippen molar-refractivity contribution in [1.82, 2.24) is 9.97 Å². The number of benzene rings is 1. The molecule has 0 radical (unpaired) electrons. The molecule has 1 amide bonds. The van der Waals surface area contributed by atoms with Crippen molar-refractivity contribution in [2.24, 2.45) is 0 Å². The molecule has 5 heteroatoms. The molecule has 5 nitrogen and oxygen atoms in total. The summed E-state index contributed by atoms with van der Waals surface area (Å²) in [6.45, 7) is 8.14. The van der Waals surface area contributed by atoms with E-state index in [1.807, 2.05) is 37.3 Å². The van der Waals surface area contributed by atoms with E-state index in [0.29, 0.717) is 17.4 Å². The number of hydrogen-bond acceptors (Lipinski definition) is 4. The summed E-state index contributed by atoms with van der Waals surface area (Å²) >= 11 is 0. The number of rotatable bonds is 4. The van der Waals surface area contributed by atoms with Crippen LogP contribution in [0.4, 0.5) is 11.5 Å². The third-order valence-electron chi connectivity index (χ3n) is 4.82. The molecule has 3 rings (SSSR count). The quantitative estimate of drug-likeness (QED) is 0.877. The van der Waals surface area contributed by atoms with Crippen molar-refractivity contribution in [3.63, 3.8) is 0 Å². The Labute approximate surface area is 155 Å². The zero-order chi connectivity index (χ0) is 18.5. The molecule has 0 aliphatic carbocycles. The molecule has 0 unspecified atom stereocenters. The first-order chi connectivity index (χ1) is 12.5. The number of carbonyl (C=O) groups excluding carboxylic acids is 1. The first kappa shape index (κ1) is 18.4. The fraction of sp³-hybridized carbons (Fsp3) is 0.476. The molecule has 138 valence electrons. The second-order valence-corrected chi connectivity index (χ2v) is 7.29. The number of nitrogens with one attached hydrogen (secondary N) is 1. The molecule has 0 saturated carbocycles. The summed E-state index contributed by atoms with van der Waals surface area (Å²) in [6, 6.07) is 9.80. The van der Waals surface area contributed by atoms with E-state index in [0.717, 1.165) is 24.6 Å². The molecule has 1 aliphatic rings. The average molecular weight is 352 g/mol. The summed E-state index contributed by atoms with van der Waals surface area (Å²) < 4.78 is 0. The SMILES string of the molecule is Cc1nc(C(=O)Nc2ccc(C(C)C)cc2)cc(N2CCCCCC2)n1. The third-order valence-corrected chi connectivity index (χ3v) is 4.82. The molecule has 0 spiro atoms. The minimum absolute atomic E-state index is 0.191. The Morgan fingerprint density at radius 3 is 2.31 bits per heavy atom. The number of hydrogen-bond donors (Lipinski definition) is 1. The standard InChI is InChI=1S/C21H28N4O/c1-15(2)17-8-10-18(11-9-17)24-21(26)19-14-20(23-16(3)22-19)25-12-6-4-5-7-13-25/h8-11,14-15H,4-7,12-13H2,1-3H3,(H,24,26). The topological polar surface area (TPSA) is 58.1 Å². The lowest BCUT2D eigenvalue weighted by Gasteiger charge is -2.22. The van der Waals surface area contributed by atoms with Crippen LogP contribution >= 0.6 is 0 Å². The van der Waals surface area contributed by atoms with Crippen molar-refractivity contribution in [3.8, 4) is 0 Å². The molecule has 1 saturated heterocycles. The van der Waals surface area contributed by atoms with E-state index in [9.17, 15) is 4.79 Å². The highest BCUT2D eigenvalue weighted by Crippen LogP contribution is 2.20. The Kier molecular flexibility index (Phi) is 5.86. The van der Waals surface area contributed by atoms with E-state index in [2.05, 4.69) is 34.0 Å². The zero-order valence-electron chi connectivity index (χ0n) is 16.0. The average Bonchev–Trinajstić information content (AvgIpc) is 2.91. The third kappa shape index (κ3) is 4.59. The van der Waals surface area contributed by atoms with E-state index in [-0.39, 0.29) is 5.91 Å². The van der Waals surface area contributed by atoms with E-state index in [1.54, 1.807) is 0 Å². The monoisotopic (exact) mass is 352 g/mol. The van der Waals surface area contributed by atoms with Gasteiger partial charge in [0, 0.05) is 24.8 Å². The summed E-state index contributed by atoms with van der Waals surface area (Å²) in [5.41, 5.74) is 2.46. The molecule has 1 fully saturated rings.